The third-order valence-corrected chi connectivity index (χ3v) is 4.31. The van der Waals surface area contributed by atoms with Crippen molar-refractivity contribution in [1.29, 1.82) is 0 Å². The van der Waals surface area contributed by atoms with Gasteiger partial charge in [-0.15, -0.1) is 0 Å². The number of aryl methyl sites for hydroxylation is 2. The van der Waals surface area contributed by atoms with Crippen molar-refractivity contribution >= 4 is 23.0 Å². The highest BCUT2D eigenvalue weighted by Crippen LogP contribution is 2.40. The SMILES string of the molecule is Cc1noc(C)c1C1CC(C)N=C(NC(=O)OC(C)(C)C)S1. The number of nitrogens with one attached hydrogen (secondary N) is 1. The summed E-state index contributed by atoms with van der Waals surface area (Å²) in [5, 5.41) is 7.50. The largest absolute Gasteiger partial charge is 0.444 e. The first kappa shape index (κ1) is 16.9. The van der Waals surface area contributed by atoms with Crippen molar-refractivity contribution in [2.45, 2.75) is 64.9 Å². The van der Waals surface area contributed by atoms with Gasteiger partial charge in [-0.25, -0.2) is 4.79 Å². The number of alkyl carbamates (subject to hydrolysis) is 1. The molecule has 1 aromatic rings. The van der Waals surface area contributed by atoms with E-state index in [1.165, 1.54) is 11.8 Å². The van der Waals surface area contributed by atoms with E-state index in [1.807, 2.05) is 41.5 Å². The summed E-state index contributed by atoms with van der Waals surface area (Å²) in [5.41, 5.74) is 1.45. The Kier molecular flexibility index (Phi) is 4.84. The van der Waals surface area contributed by atoms with E-state index >= 15 is 0 Å². The van der Waals surface area contributed by atoms with Crippen molar-refractivity contribution in [2.75, 3.05) is 0 Å². The van der Waals surface area contributed by atoms with Gasteiger partial charge in [-0.05, 0) is 48.0 Å². The smallest absolute Gasteiger partial charge is 0.413 e. The van der Waals surface area contributed by atoms with Crippen molar-refractivity contribution in [3.8, 4) is 0 Å². The van der Waals surface area contributed by atoms with Gasteiger partial charge in [0.05, 0.1) is 11.7 Å². The molecule has 0 aromatic carbocycles. The number of rotatable bonds is 1. The monoisotopic (exact) mass is 325 g/mol. The zero-order chi connectivity index (χ0) is 16.5. The molecule has 122 valence electrons. The Labute approximate surface area is 135 Å². The molecule has 2 unspecified atom stereocenters. The quantitative estimate of drug-likeness (QED) is 0.851. The number of ether oxygens (including phenoxy) is 1. The van der Waals surface area contributed by atoms with E-state index in [0.29, 0.717) is 5.17 Å². The lowest BCUT2D eigenvalue weighted by atomic mass is 10.0. The number of aromatic nitrogens is 1. The Morgan fingerprint density at radius 1 is 1.41 bits per heavy atom. The molecule has 0 radical (unpaired) electrons. The minimum Gasteiger partial charge on any atom is -0.444 e. The maximum absolute atomic E-state index is 11.9. The molecule has 0 spiro atoms. The zero-order valence-corrected chi connectivity index (χ0v) is 14.7. The highest BCUT2D eigenvalue weighted by molar-refractivity contribution is 8.14. The fourth-order valence-corrected chi connectivity index (χ4v) is 3.84. The van der Waals surface area contributed by atoms with Gasteiger partial charge in [0.2, 0.25) is 0 Å². The molecule has 0 saturated heterocycles. The number of thioether (sulfide) groups is 1. The first-order chi connectivity index (χ1) is 10.2. The second-order valence-electron chi connectivity index (χ2n) is 6.49. The molecule has 1 aliphatic rings. The van der Waals surface area contributed by atoms with Crippen LogP contribution in [0.4, 0.5) is 4.79 Å². The Morgan fingerprint density at radius 2 is 2.09 bits per heavy atom. The van der Waals surface area contributed by atoms with Gasteiger partial charge in [-0.1, -0.05) is 16.9 Å². The summed E-state index contributed by atoms with van der Waals surface area (Å²) < 4.78 is 10.5. The summed E-state index contributed by atoms with van der Waals surface area (Å²) in [4.78, 5) is 16.4. The van der Waals surface area contributed by atoms with Crippen molar-refractivity contribution in [2.24, 2.45) is 4.99 Å². The molecule has 1 N–H and O–H groups in total. The molecule has 0 fully saturated rings. The maximum Gasteiger partial charge on any atom is 0.413 e. The Morgan fingerprint density at radius 3 is 2.64 bits per heavy atom. The van der Waals surface area contributed by atoms with Gasteiger partial charge in [0.1, 0.15) is 11.4 Å². The van der Waals surface area contributed by atoms with Crippen LogP contribution >= 0.6 is 11.8 Å². The fraction of sp³-hybridized carbons (Fsp3) is 0.667. The number of hydrogen-bond acceptors (Lipinski definition) is 6. The normalized spacial score (nSPS) is 22.2. The second-order valence-corrected chi connectivity index (χ2v) is 7.68. The van der Waals surface area contributed by atoms with E-state index in [1.54, 1.807) is 0 Å². The summed E-state index contributed by atoms with van der Waals surface area (Å²) in [5.74, 6) is 0.820. The predicted molar refractivity (Wildman–Crippen MR) is 87.2 cm³/mol. The lowest BCUT2D eigenvalue weighted by Gasteiger charge is -2.26. The molecule has 0 aliphatic carbocycles. The standard InChI is InChI=1S/C15H23N3O3S/c1-8-7-11(12-9(2)18-21-10(12)3)22-13(16-8)17-14(19)20-15(4,5)6/h8,11H,7H2,1-6H3,(H,16,17,19). The summed E-state index contributed by atoms with van der Waals surface area (Å²) >= 11 is 1.51. The highest BCUT2D eigenvalue weighted by atomic mass is 32.2. The molecule has 1 aliphatic heterocycles. The number of amidine groups is 1. The third kappa shape index (κ3) is 4.25. The van der Waals surface area contributed by atoms with E-state index in [4.69, 9.17) is 9.26 Å². The Bertz CT molecular complexity index is 570. The summed E-state index contributed by atoms with van der Waals surface area (Å²) in [6.07, 6.45) is 0.401. The molecule has 22 heavy (non-hydrogen) atoms. The predicted octanol–water partition coefficient (Wildman–Crippen LogP) is 3.74. The van der Waals surface area contributed by atoms with Crippen LogP contribution in [0.25, 0.3) is 0 Å². The average molecular weight is 325 g/mol. The minimum atomic E-state index is -0.531. The molecule has 1 aromatic heterocycles. The first-order valence-electron chi connectivity index (χ1n) is 7.33. The minimum absolute atomic E-state index is 0.116. The summed E-state index contributed by atoms with van der Waals surface area (Å²) in [6.45, 7) is 11.4. The zero-order valence-electron chi connectivity index (χ0n) is 13.9. The Hall–Kier alpha value is -1.50. The molecule has 0 saturated carbocycles. The van der Waals surface area contributed by atoms with Crippen molar-refractivity contribution < 1.29 is 14.1 Å². The van der Waals surface area contributed by atoms with Crippen molar-refractivity contribution in [3.63, 3.8) is 0 Å². The van der Waals surface area contributed by atoms with Gasteiger partial charge in [0, 0.05) is 10.8 Å². The first-order valence-corrected chi connectivity index (χ1v) is 8.21. The van der Waals surface area contributed by atoms with E-state index in [9.17, 15) is 4.79 Å². The van der Waals surface area contributed by atoms with Gasteiger partial charge >= 0.3 is 6.09 Å². The molecule has 6 nitrogen and oxygen atoms in total. The highest BCUT2D eigenvalue weighted by Gasteiger charge is 2.29. The molecule has 7 heteroatoms. The molecule has 0 bridgehead atoms. The number of hydrogen-bond donors (Lipinski definition) is 1. The van der Waals surface area contributed by atoms with Crippen LogP contribution < -0.4 is 5.32 Å². The van der Waals surface area contributed by atoms with Crippen molar-refractivity contribution in [3.05, 3.63) is 17.0 Å². The van der Waals surface area contributed by atoms with E-state index < -0.39 is 11.7 Å². The number of amides is 1. The number of aliphatic imine (C=N–C) groups is 1. The van der Waals surface area contributed by atoms with Crippen LogP contribution in [0, 0.1) is 13.8 Å². The van der Waals surface area contributed by atoms with Gasteiger partial charge in [-0.3, -0.25) is 10.3 Å². The number of carbonyl (C=O) groups is 1. The van der Waals surface area contributed by atoms with Crippen LogP contribution in [-0.4, -0.2) is 28.1 Å². The average Bonchev–Trinajstić information content (AvgIpc) is 2.65. The van der Waals surface area contributed by atoms with Crippen LogP contribution in [0.5, 0.6) is 0 Å². The summed E-state index contributed by atoms with van der Waals surface area (Å²) in [6, 6.07) is 0.116. The summed E-state index contributed by atoms with van der Waals surface area (Å²) in [7, 11) is 0. The fourth-order valence-electron chi connectivity index (χ4n) is 2.36. The lowest BCUT2D eigenvalue weighted by Crippen LogP contribution is -2.37. The van der Waals surface area contributed by atoms with E-state index in [-0.39, 0.29) is 11.3 Å². The lowest BCUT2D eigenvalue weighted by molar-refractivity contribution is 0.0564. The molecule has 2 rings (SSSR count). The van der Waals surface area contributed by atoms with E-state index in [2.05, 4.69) is 15.5 Å². The van der Waals surface area contributed by atoms with Crippen LogP contribution in [0.2, 0.25) is 0 Å². The third-order valence-electron chi connectivity index (χ3n) is 3.17. The van der Waals surface area contributed by atoms with Crippen LogP contribution in [0.3, 0.4) is 0 Å². The topological polar surface area (TPSA) is 76.7 Å². The van der Waals surface area contributed by atoms with Crippen LogP contribution in [0.1, 0.15) is 56.4 Å². The van der Waals surface area contributed by atoms with Gasteiger partial charge in [0.25, 0.3) is 0 Å². The second kappa shape index (κ2) is 6.32. The number of carbonyl (C=O) groups excluding carboxylic acids is 1. The van der Waals surface area contributed by atoms with Crippen LogP contribution in [0.15, 0.2) is 9.52 Å². The Balaban J connectivity index is 2.09. The molecular weight excluding hydrogens is 302 g/mol. The van der Waals surface area contributed by atoms with Gasteiger partial charge in [-0.2, -0.15) is 0 Å². The van der Waals surface area contributed by atoms with E-state index in [0.717, 1.165) is 23.4 Å². The van der Waals surface area contributed by atoms with Crippen LogP contribution in [-0.2, 0) is 4.74 Å². The molecular formula is C15H23N3O3S. The molecule has 1 amide bonds. The van der Waals surface area contributed by atoms with Crippen molar-refractivity contribution in [1.82, 2.24) is 10.5 Å². The maximum atomic E-state index is 11.9. The number of nitrogens with zero attached hydrogens (tertiary/aromatic N) is 2. The van der Waals surface area contributed by atoms with Gasteiger partial charge < -0.3 is 9.26 Å². The van der Waals surface area contributed by atoms with Gasteiger partial charge in [0.15, 0.2) is 5.17 Å². The molecule has 2 heterocycles. The molecule has 2 atom stereocenters.